The Labute approximate surface area is 156 Å². The molecule has 128 valence electrons. The Kier molecular flexibility index (Phi) is 4.42. The molecule has 2 heterocycles. The van der Waals surface area contributed by atoms with E-state index < -0.39 is 0 Å². The molecule has 5 heteroatoms. The Balaban J connectivity index is 1.65. The van der Waals surface area contributed by atoms with Crippen LogP contribution in [0, 0.1) is 0 Å². The van der Waals surface area contributed by atoms with E-state index >= 15 is 0 Å². The second-order valence-corrected chi connectivity index (χ2v) is 6.29. The molecule has 1 amide bonds. The monoisotopic (exact) mass is 362 g/mol. The van der Waals surface area contributed by atoms with Gasteiger partial charge in [0.1, 0.15) is 12.4 Å². The summed E-state index contributed by atoms with van der Waals surface area (Å²) in [5, 5.41) is 3.43. The minimum Gasteiger partial charge on any atom is -0.487 e. The zero-order valence-corrected chi connectivity index (χ0v) is 14.5. The maximum atomic E-state index is 12.4. The third-order valence-corrected chi connectivity index (χ3v) is 4.32. The maximum Gasteiger partial charge on any atom is 0.256 e. The first-order chi connectivity index (χ1) is 12.7. The number of ether oxygens (including phenoxy) is 1. The van der Waals surface area contributed by atoms with Gasteiger partial charge in [-0.25, -0.2) is 0 Å². The van der Waals surface area contributed by atoms with Crippen molar-refractivity contribution in [3.63, 3.8) is 0 Å². The van der Waals surface area contributed by atoms with Crippen molar-refractivity contribution in [2.45, 2.75) is 6.61 Å². The van der Waals surface area contributed by atoms with Crippen LogP contribution in [0.2, 0.25) is 5.02 Å². The molecule has 1 aromatic heterocycles. The second kappa shape index (κ2) is 7.02. The highest BCUT2D eigenvalue weighted by Crippen LogP contribution is 2.36. The molecule has 0 bridgehead atoms. The standard InChI is InChI=1S/C21H15ClN2O2/c22-15-8-9-17-18(21(25)24-19(17)12-15)11-14-5-1-2-7-20(14)26-13-16-6-3-4-10-23-16/h1-12H,13H2,(H,24,25)/b18-11-. The van der Waals surface area contributed by atoms with Gasteiger partial charge in [-0.05, 0) is 36.4 Å². The predicted octanol–water partition coefficient (Wildman–Crippen LogP) is 4.81. The third-order valence-electron chi connectivity index (χ3n) is 4.09. The fraction of sp³-hybridized carbons (Fsp3) is 0.0476. The van der Waals surface area contributed by atoms with Gasteiger partial charge in [0.15, 0.2) is 0 Å². The van der Waals surface area contributed by atoms with Crippen LogP contribution in [-0.2, 0) is 11.4 Å². The molecule has 0 unspecified atom stereocenters. The number of rotatable bonds is 4. The molecular formula is C21H15ClN2O2. The molecule has 3 aromatic rings. The van der Waals surface area contributed by atoms with Gasteiger partial charge in [0, 0.05) is 27.9 Å². The number of para-hydroxylation sites is 1. The Hall–Kier alpha value is -3.11. The van der Waals surface area contributed by atoms with E-state index in [1.165, 1.54) is 0 Å². The van der Waals surface area contributed by atoms with Gasteiger partial charge < -0.3 is 10.1 Å². The minimum absolute atomic E-state index is 0.151. The van der Waals surface area contributed by atoms with Crippen LogP contribution in [0.3, 0.4) is 0 Å². The van der Waals surface area contributed by atoms with E-state index in [1.54, 1.807) is 18.3 Å². The molecule has 1 N–H and O–H groups in total. The van der Waals surface area contributed by atoms with Crippen molar-refractivity contribution >= 4 is 34.8 Å². The highest BCUT2D eigenvalue weighted by atomic mass is 35.5. The molecular weight excluding hydrogens is 348 g/mol. The van der Waals surface area contributed by atoms with Crippen LogP contribution in [0.25, 0.3) is 11.6 Å². The van der Waals surface area contributed by atoms with Crippen LogP contribution in [0.5, 0.6) is 5.75 Å². The number of hydrogen-bond acceptors (Lipinski definition) is 3. The molecule has 0 fully saturated rings. The van der Waals surface area contributed by atoms with Crippen molar-refractivity contribution in [2.24, 2.45) is 0 Å². The Morgan fingerprint density at radius 3 is 2.77 bits per heavy atom. The van der Waals surface area contributed by atoms with E-state index in [-0.39, 0.29) is 5.91 Å². The highest BCUT2D eigenvalue weighted by Gasteiger charge is 2.24. The molecule has 1 aliphatic heterocycles. The van der Waals surface area contributed by atoms with E-state index in [4.69, 9.17) is 16.3 Å². The molecule has 0 atom stereocenters. The van der Waals surface area contributed by atoms with Crippen molar-refractivity contribution in [3.05, 3.63) is 88.7 Å². The number of fused-ring (bicyclic) bond motifs is 1. The lowest BCUT2D eigenvalue weighted by Crippen LogP contribution is -2.04. The van der Waals surface area contributed by atoms with Crippen molar-refractivity contribution in [3.8, 4) is 5.75 Å². The van der Waals surface area contributed by atoms with Gasteiger partial charge in [-0.15, -0.1) is 0 Å². The second-order valence-electron chi connectivity index (χ2n) is 5.85. The predicted molar refractivity (Wildman–Crippen MR) is 103 cm³/mol. The number of aromatic nitrogens is 1. The number of carbonyl (C=O) groups excluding carboxylic acids is 1. The lowest BCUT2D eigenvalue weighted by molar-refractivity contribution is -0.110. The average Bonchev–Trinajstić information content (AvgIpc) is 2.96. The summed E-state index contributed by atoms with van der Waals surface area (Å²) in [5.41, 5.74) is 3.81. The number of benzene rings is 2. The lowest BCUT2D eigenvalue weighted by atomic mass is 10.0. The summed E-state index contributed by atoms with van der Waals surface area (Å²) < 4.78 is 5.92. The van der Waals surface area contributed by atoms with Crippen molar-refractivity contribution in [1.29, 1.82) is 0 Å². The number of amides is 1. The third kappa shape index (κ3) is 3.32. The molecule has 0 saturated heterocycles. The quantitative estimate of drug-likeness (QED) is 0.678. The van der Waals surface area contributed by atoms with Crippen LogP contribution >= 0.6 is 11.6 Å². The molecule has 4 rings (SSSR count). The van der Waals surface area contributed by atoms with Gasteiger partial charge >= 0.3 is 0 Å². The number of carbonyl (C=O) groups is 1. The molecule has 0 spiro atoms. The van der Waals surface area contributed by atoms with E-state index in [0.29, 0.717) is 23.0 Å². The summed E-state index contributed by atoms with van der Waals surface area (Å²) >= 11 is 6.01. The summed E-state index contributed by atoms with van der Waals surface area (Å²) in [7, 11) is 0. The highest BCUT2D eigenvalue weighted by molar-refractivity contribution is 6.36. The van der Waals surface area contributed by atoms with Crippen LogP contribution in [0.15, 0.2) is 66.9 Å². The number of anilines is 1. The summed E-state index contributed by atoms with van der Waals surface area (Å²) in [6.45, 7) is 0.361. The first-order valence-electron chi connectivity index (χ1n) is 8.15. The fourth-order valence-corrected chi connectivity index (χ4v) is 3.00. The number of nitrogens with zero attached hydrogens (tertiary/aromatic N) is 1. The first-order valence-corrected chi connectivity index (χ1v) is 8.53. The lowest BCUT2D eigenvalue weighted by Gasteiger charge is -2.09. The molecule has 1 aliphatic rings. The first kappa shape index (κ1) is 16.4. The Morgan fingerprint density at radius 2 is 1.92 bits per heavy atom. The number of nitrogens with one attached hydrogen (secondary N) is 1. The largest absolute Gasteiger partial charge is 0.487 e. The SMILES string of the molecule is O=C1Nc2cc(Cl)ccc2/C1=C/c1ccccc1OCc1ccccn1. The van der Waals surface area contributed by atoms with Crippen molar-refractivity contribution in [1.82, 2.24) is 4.98 Å². The molecule has 26 heavy (non-hydrogen) atoms. The van der Waals surface area contributed by atoms with Crippen LogP contribution in [-0.4, -0.2) is 10.9 Å². The van der Waals surface area contributed by atoms with Crippen LogP contribution in [0.1, 0.15) is 16.8 Å². The molecule has 0 aliphatic carbocycles. The van der Waals surface area contributed by atoms with Gasteiger partial charge in [0.2, 0.25) is 0 Å². The average molecular weight is 363 g/mol. The van der Waals surface area contributed by atoms with Gasteiger partial charge in [0.05, 0.1) is 11.4 Å². The fourth-order valence-electron chi connectivity index (χ4n) is 2.83. The van der Waals surface area contributed by atoms with Crippen LogP contribution in [0.4, 0.5) is 5.69 Å². The summed E-state index contributed by atoms with van der Waals surface area (Å²) in [6, 6.07) is 18.7. The smallest absolute Gasteiger partial charge is 0.256 e. The molecule has 0 radical (unpaired) electrons. The zero-order valence-electron chi connectivity index (χ0n) is 13.8. The van der Waals surface area contributed by atoms with E-state index in [1.807, 2.05) is 54.6 Å². The van der Waals surface area contributed by atoms with Crippen molar-refractivity contribution < 1.29 is 9.53 Å². The van der Waals surface area contributed by atoms with E-state index in [2.05, 4.69) is 10.3 Å². The van der Waals surface area contributed by atoms with E-state index in [0.717, 1.165) is 22.5 Å². The topological polar surface area (TPSA) is 51.2 Å². The van der Waals surface area contributed by atoms with E-state index in [9.17, 15) is 4.79 Å². The summed E-state index contributed by atoms with van der Waals surface area (Å²) in [6.07, 6.45) is 3.57. The van der Waals surface area contributed by atoms with Gasteiger partial charge in [0.25, 0.3) is 5.91 Å². The van der Waals surface area contributed by atoms with Crippen LogP contribution < -0.4 is 10.1 Å². The number of pyridine rings is 1. The number of hydrogen-bond donors (Lipinski definition) is 1. The maximum absolute atomic E-state index is 12.4. The van der Waals surface area contributed by atoms with Gasteiger partial charge in [-0.3, -0.25) is 9.78 Å². The molecule has 2 aromatic carbocycles. The zero-order chi connectivity index (χ0) is 17.9. The van der Waals surface area contributed by atoms with Crippen molar-refractivity contribution in [2.75, 3.05) is 5.32 Å². The summed E-state index contributed by atoms with van der Waals surface area (Å²) in [5.74, 6) is 0.544. The Morgan fingerprint density at radius 1 is 1.08 bits per heavy atom. The minimum atomic E-state index is -0.151. The normalized spacial score (nSPS) is 14.2. The van der Waals surface area contributed by atoms with Gasteiger partial charge in [-0.2, -0.15) is 0 Å². The molecule has 4 nitrogen and oxygen atoms in total. The number of halogens is 1. The Bertz CT molecular complexity index is 1000. The summed E-state index contributed by atoms with van der Waals surface area (Å²) in [4.78, 5) is 16.6. The molecule has 0 saturated carbocycles. The van der Waals surface area contributed by atoms with Gasteiger partial charge in [-0.1, -0.05) is 41.9 Å².